The molecular weight excluding hydrogens is 276 g/mol. The summed E-state index contributed by atoms with van der Waals surface area (Å²) in [5, 5.41) is 4.14. The SMILES string of the molecule is NC(=S)c1cc(-n2cc(Br)cn2)ccn1. The molecule has 2 heterocycles. The third-order valence-electron chi connectivity index (χ3n) is 1.81. The summed E-state index contributed by atoms with van der Waals surface area (Å²) in [5.74, 6) is 0. The zero-order valence-electron chi connectivity index (χ0n) is 7.59. The molecule has 0 aromatic carbocycles. The highest BCUT2D eigenvalue weighted by atomic mass is 79.9. The molecule has 0 saturated heterocycles. The molecule has 0 radical (unpaired) electrons. The number of aromatic nitrogens is 3. The van der Waals surface area contributed by atoms with Crippen LogP contribution in [0.25, 0.3) is 5.69 Å². The zero-order chi connectivity index (χ0) is 10.8. The maximum Gasteiger partial charge on any atom is 0.122 e. The van der Waals surface area contributed by atoms with Crippen molar-refractivity contribution in [3.05, 3.63) is 40.9 Å². The van der Waals surface area contributed by atoms with Crippen molar-refractivity contribution in [1.29, 1.82) is 0 Å². The molecule has 76 valence electrons. The average Bonchev–Trinajstić information content (AvgIpc) is 2.65. The first-order chi connectivity index (χ1) is 7.16. The number of thiocarbonyl (C=S) groups is 1. The van der Waals surface area contributed by atoms with Crippen molar-refractivity contribution in [2.24, 2.45) is 5.73 Å². The maximum absolute atomic E-state index is 5.50. The van der Waals surface area contributed by atoms with Crippen LogP contribution in [0, 0.1) is 0 Å². The van der Waals surface area contributed by atoms with Crippen LogP contribution in [0.15, 0.2) is 35.2 Å². The Bertz CT molecular complexity index is 508. The van der Waals surface area contributed by atoms with Crippen molar-refractivity contribution in [3.8, 4) is 5.69 Å². The second kappa shape index (κ2) is 4.08. The van der Waals surface area contributed by atoms with E-state index in [-0.39, 0.29) is 4.99 Å². The van der Waals surface area contributed by atoms with Gasteiger partial charge in [-0.05, 0) is 28.1 Å². The number of hydrogen-bond acceptors (Lipinski definition) is 3. The minimum absolute atomic E-state index is 0.281. The quantitative estimate of drug-likeness (QED) is 0.852. The molecule has 0 fully saturated rings. The lowest BCUT2D eigenvalue weighted by Crippen LogP contribution is -2.12. The molecule has 0 amide bonds. The van der Waals surface area contributed by atoms with E-state index in [9.17, 15) is 0 Å². The van der Waals surface area contributed by atoms with Crippen LogP contribution in [-0.4, -0.2) is 19.8 Å². The predicted molar refractivity (Wildman–Crippen MR) is 64.9 cm³/mol. The Morgan fingerprint density at radius 1 is 1.53 bits per heavy atom. The third-order valence-corrected chi connectivity index (χ3v) is 2.43. The highest BCUT2D eigenvalue weighted by Gasteiger charge is 2.02. The molecule has 2 aromatic heterocycles. The molecule has 2 rings (SSSR count). The summed E-state index contributed by atoms with van der Waals surface area (Å²) in [6, 6.07) is 3.63. The van der Waals surface area contributed by atoms with Gasteiger partial charge in [0.25, 0.3) is 0 Å². The Hall–Kier alpha value is -1.27. The summed E-state index contributed by atoms with van der Waals surface area (Å²) in [4.78, 5) is 4.33. The molecular formula is C9H7BrN4S. The fraction of sp³-hybridized carbons (Fsp3) is 0. The number of nitrogens with zero attached hydrogens (tertiary/aromatic N) is 3. The molecule has 0 spiro atoms. The molecule has 0 atom stereocenters. The first-order valence-corrected chi connectivity index (χ1v) is 5.33. The van der Waals surface area contributed by atoms with Crippen molar-refractivity contribution in [1.82, 2.24) is 14.8 Å². The van der Waals surface area contributed by atoms with Gasteiger partial charge in [0.15, 0.2) is 0 Å². The molecule has 2 N–H and O–H groups in total. The van der Waals surface area contributed by atoms with Crippen LogP contribution in [-0.2, 0) is 0 Å². The number of rotatable bonds is 2. The summed E-state index contributed by atoms with van der Waals surface area (Å²) < 4.78 is 2.63. The first-order valence-electron chi connectivity index (χ1n) is 4.13. The van der Waals surface area contributed by atoms with E-state index in [0.29, 0.717) is 5.69 Å². The van der Waals surface area contributed by atoms with Gasteiger partial charge in [0.2, 0.25) is 0 Å². The van der Waals surface area contributed by atoms with Crippen LogP contribution in [0.1, 0.15) is 5.69 Å². The molecule has 0 bridgehead atoms. The second-order valence-corrected chi connectivity index (χ2v) is 4.22. The number of pyridine rings is 1. The monoisotopic (exact) mass is 282 g/mol. The topological polar surface area (TPSA) is 56.7 Å². The summed E-state index contributed by atoms with van der Waals surface area (Å²) in [5.41, 5.74) is 6.96. The number of nitrogens with two attached hydrogens (primary N) is 1. The van der Waals surface area contributed by atoms with Gasteiger partial charge in [-0.3, -0.25) is 4.98 Å². The Labute approximate surface area is 100 Å². The van der Waals surface area contributed by atoms with E-state index in [0.717, 1.165) is 10.2 Å². The summed E-state index contributed by atoms with van der Waals surface area (Å²) in [6.07, 6.45) is 5.21. The van der Waals surface area contributed by atoms with Gasteiger partial charge in [0, 0.05) is 12.4 Å². The normalized spacial score (nSPS) is 10.2. The molecule has 0 aliphatic heterocycles. The number of hydrogen-bond donors (Lipinski definition) is 1. The van der Waals surface area contributed by atoms with Crippen molar-refractivity contribution in [3.63, 3.8) is 0 Å². The standard InChI is InChI=1S/C9H7BrN4S/c10-6-4-13-14(5-6)7-1-2-12-8(3-7)9(11)15/h1-5H,(H2,11,15). The Kier molecular flexibility index (Phi) is 2.79. The Morgan fingerprint density at radius 2 is 2.33 bits per heavy atom. The Morgan fingerprint density at radius 3 is 2.93 bits per heavy atom. The third kappa shape index (κ3) is 2.21. The van der Waals surface area contributed by atoms with E-state index >= 15 is 0 Å². The largest absolute Gasteiger partial charge is 0.388 e. The van der Waals surface area contributed by atoms with E-state index in [4.69, 9.17) is 18.0 Å². The van der Waals surface area contributed by atoms with E-state index in [2.05, 4.69) is 26.0 Å². The van der Waals surface area contributed by atoms with Crippen molar-refractivity contribution < 1.29 is 0 Å². The summed E-state index contributed by atoms with van der Waals surface area (Å²) >= 11 is 8.18. The van der Waals surface area contributed by atoms with E-state index in [1.807, 2.05) is 12.3 Å². The van der Waals surface area contributed by atoms with Gasteiger partial charge in [-0.1, -0.05) is 12.2 Å². The predicted octanol–water partition coefficient (Wildman–Crippen LogP) is 1.66. The van der Waals surface area contributed by atoms with Crippen LogP contribution in [0.4, 0.5) is 0 Å². The minimum Gasteiger partial charge on any atom is -0.388 e. The zero-order valence-corrected chi connectivity index (χ0v) is 9.99. The molecule has 2 aromatic rings. The molecule has 0 saturated carbocycles. The Balaban J connectivity index is 2.45. The minimum atomic E-state index is 0.281. The van der Waals surface area contributed by atoms with Crippen LogP contribution >= 0.6 is 28.1 Å². The van der Waals surface area contributed by atoms with Crippen LogP contribution in [0.5, 0.6) is 0 Å². The summed E-state index contributed by atoms with van der Waals surface area (Å²) in [7, 11) is 0. The van der Waals surface area contributed by atoms with Gasteiger partial charge in [-0.25, -0.2) is 4.68 Å². The summed E-state index contributed by atoms with van der Waals surface area (Å²) in [6.45, 7) is 0. The van der Waals surface area contributed by atoms with E-state index < -0.39 is 0 Å². The smallest absolute Gasteiger partial charge is 0.122 e. The second-order valence-electron chi connectivity index (χ2n) is 2.87. The molecule has 0 unspecified atom stereocenters. The molecule has 6 heteroatoms. The lowest BCUT2D eigenvalue weighted by Gasteiger charge is -2.02. The van der Waals surface area contributed by atoms with Gasteiger partial charge < -0.3 is 5.73 Å². The van der Waals surface area contributed by atoms with Crippen molar-refractivity contribution in [2.45, 2.75) is 0 Å². The first kappa shape index (κ1) is 10.3. The van der Waals surface area contributed by atoms with Crippen molar-refractivity contribution >= 4 is 33.1 Å². The van der Waals surface area contributed by atoms with Crippen molar-refractivity contribution in [2.75, 3.05) is 0 Å². The van der Waals surface area contributed by atoms with Crippen LogP contribution in [0.3, 0.4) is 0 Å². The fourth-order valence-corrected chi connectivity index (χ4v) is 1.54. The van der Waals surface area contributed by atoms with Crippen LogP contribution in [0.2, 0.25) is 0 Å². The van der Waals surface area contributed by atoms with E-state index in [1.54, 1.807) is 23.1 Å². The van der Waals surface area contributed by atoms with Gasteiger partial charge in [-0.15, -0.1) is 0 Å². The fourth-order valence-electron chi connectivity index (χ4n) is 1.14. The highest BCUT2D eigenvalue weighted by molar-refractivity contribution is 9.10. The maximum atomic E-state index is 5.50. The van der Waals surface area contributed by atoms with E-state index in [1.165, 1.54) is 0 Å². The molecule has 4 nitrogen and oxygen atoms in total. The van der Waals surface area contributed by atoms with Gasteiger partial charge in [0.05, 0.1) is 22.1 Å². The average molecular weight is 283 g/mol. The molecule has 0 aliphatic carbocycles. The molecule has 15 heavy (non-hydrogen) atoms. The molecule has 0 aliphatic rings. The van der Waals surface area contributed by atoms with Gasteiger partial charge in [-0.2, -0.15) is 5.10 Å². The number of halogens is 1. The van der Waals surface area contributed by atoms with Gasteiger partial charge in [0.1, 0.15) is 4.99 Å². The lowest BCUT2D eigenvalue weighted by atomic mass is 10.3. The highest BCUT2D eigenvalue weighted by Crippen LogP contribution is 2.12. The van der Waals surface area contributed by atoms with Gasteiger partial charge >= 0.3 is 0 Å². The van der Waals surface area contributed by atoms with Crippen LogP contribution < -0.4 is 5.73 Å². The lowest BCUT2D eigenvalue weighted by molar-refractivity contribution is 0.877.